The number of anilines is 1. The van der Waals surface area contributed by atoms with Gasteiger partial charge in [-0.1, -0.05) is 44.2 Å². The second kappa shape index (κ2) is 17.6. The molecule has 9 nitrogen and oxygen atoms in total. The van der Waals surface area contributed by atoms with E-state index in [-0.39, 0.29) is 23.8 Å². The highest BCUT2D eigenvalue weighted by molar-refractivity contribution is 5.75. The van der Waals surface area contributed by atoms with Gasteiger partial charge in [-0.25, -0.2) is 0 Å². The average Bonchev–Trinajstić information content (AvgIpc) is 3.03. The highest BCUT2D eigenvalue weighted by atomic mass is 16.5. The topological polar surface area (TPSA) is 90.5 Å². The van der Waals surface area contributed by atoms with Crippen LogP contribution in [-0.4, -0.2) is 85.4 Å². The van der Waals surface area contributed by atoms with E-state index in [2.05, 4.69) is 64.9 Å². The van der Waals surface area contributed by atoms with Gasteiger partial charge < -0.3 is 39.2 Å². The molecular formula is C34H51N3O6. The summed E-state index contributed by atoms with van der Waals surface area (Å²) in [5.41, 5.74) is 4.61. The molecule has 4 atom stereocenters. The van der Waals surface area contributed by atoms with Crippen molar-refractivity contribution >= 4 is 11.6 Å². The molecule has 0 aromatic heterocycles. The Morgan fingerprint density at radius 1 is 1.07 bits per heavy atom. The van der Waals surface area contributed by atoms with Gasteiger partial charge in [0, 0.05) is 65.3 Å². The number of ether oxygens (including phenoxy) is 5. The minimum atomic E-state index is -0.0423. The molecule has 2 heterocycles. The van der Waals surface area contributed by atoms with Gasteiger partial charge in [-0.15, -0.1) is 0 Å². The first kappa shape index (κ1) is 33.2. The van der Waals surface area contributed by atoms with Crippen LogP contribution in [0.4, 0.5) is 5.69 Å². The molecule has 1 fully saturated rings. The van der Waals surface area contributed by atoms with E-state index in [0.717, 1.165) is 61.8 Å². The molecule has 1 saturated heterocycles. The fourth-order valence-corrected chi connectivity index (χ4v) is 5.98. The van der Waals surface area contributed by atoms with Crippen LogP contribution in [0.3, 0.4) is 0 Å². The molecule has 0 unspecified atom stereocenters. The Kier molecular flexibility index (Phi) is 13.6. The van der Waals surface area contributed by atoms with Crippen LogP contribution in [-0.2, 0) is 37.0 Å². The number of methoxy groups -OCH3 is 2. The number of nitrogens with zero attached hydrogens (tertiary/aromatic N) is 1. The maximum atomic E-state index is 12.1. The summed E-state index contributed by atoms with van der Waals surface area (Å²) >= 11 is 0. The third kappa shape index (κ3) is 9.91. The molecule has 2 aliphatic rings. The molecule has 2 aromatic carbocycles. The van der Waals surface area contributed by atoms with Gasteiger partial charge in [0.25, 0.3) is 0 Å². The first-order valence-electron chi connectivity index (χ1n) is 15.8. The number of nitrogens with one attached hydrogen (secondary N) is 2. The van der Waals surface area contributed by atoms with Gasteiger partial charge in [-0.3, -0.25) is 4.79 Å². The first-order chi connectivity index (χ1) is 21.0. The lowest BCUT2D eigenvalue weighted by atomic mass is 9.79. The van der Waals surface area contributed by atoms with Crippen LogP contribution < -0.4 is 20.3 Å². The average molecular weight is 598 g/mol. The quantitative estimate of drug-likeness (QED) is 0.263. The van der Waals surface area contributed by atoms with E-state index in [1.807, 2.05) is 6.92 Å². The lowest BCUT2D eigenvalue weighted by Crippen LogP contribution is -2.50. The summed E-state index contributed by atoms with van der Waals surface area (Å²) in [7, 11) is 3.46. The third-order valence-corrected chi connectivity index (χ3v) is 8.25. The van der Waals surface area contributed by atoms with E-state index < -0.39 is 0 Å². The van der Waals surface area contributed by atoms with Gasteiger partial charge in [0.1, 0.15) is 12.4 Å². The molecule has 2 aromatic rings. The summed E-state index contributed by atoms with van der Waals surface area (Å²) in [5, 5.41) is 6.69. The van der Waals surface area contributed by atoms with Gasteiger partial charge in [-0.05, 0) is 41.2 Å². The van der Waals surface area contributed by atoms with Crippen molar-refractivity contribution in [1.29, 1.82) is 0 Å². The van der Waals surface area contributed by atoms with Gasteiger partial charge in [0.15, 0.2) is 0 Å². The number of hydrogen-bond donors (Lipinski definition) is 2. The van der Waals surface area contributed by atoms with Crippen molar-refractivity contribution in [2.45, 2.75) is 51.9 Å². The zero-order valence-electron chi connectivity index (χ0n) is 26.4. The highest BCUT2D eigenvalue weighted by Gasteiger charge is 2.35. The number of piperidine rings is 1. The summed E-state index contributed by atoms with van der Waals surface area (Å²) in [6.07, 6.45) is 1.41. The fourth-order valence-electron chi connectivity index (χ4n) is 5.98. The van der Waals surface area contributed by atoms with Gasteiger partial charge in [0.2, 0.25) is 5.91 Å². The second-order valence-electron chi connectivity index (χ2n) is 11.8. The van der Waals surface area contributed by atoms with Crippen LogP contribution in [0.2, 0.25) is 0 Å². The largest absolute Gasteiger partial charge is 0.490 e. The molecule has 0 bridgehead atoms. The SMILES string of the molecule is CCC(=O)NC[C@@H]1CNC[C@H](OCc2ccc3c(c2)N(CCCOC)CCO3)[C@H]1c1ccc(COC[C@@H](C)COC)cc1. The van der Waals surface area contributed by atoms with E-state index >= 15 is 0 Å². The maximum absolute atomic E-state index is 12.1. The van der Waals surface area contributed by atoms with Crippen LogP contribution >= 0.6 is 0 Å². The molecule has 0 spiro atoms. The third-order valence-electron chi connectivity index (χ3n) is 8.25. The Labute approximate surface area is 257 Å². The number of hydrogen-bond acceptors (Lipinski definition) is 8. The fraction of sp³-hybridized carbons (Fsp3) is 0.618. The zero-order chi connectivity index (χ0) is 30.4. The Balaban J connectivity index is 1.45. The normalized spacial score (nSPS) is 20.7. The summed E-state index contributed by atoms with van der Waals surface area (Å²) in [5.74, 6) is 1.70. The van der Waals surface area contributed by atoms with Crippen LogP contribution in [0.25, 0.3) is 0 Å². The highest BCUT2D eigenvalue weighted by Crippen LogP contribution is 2.35. The number of carbonyl (C=O) groups excluding carboxylic acids is 1. The van der Waals surface area contributed by atoms with E-state index in [1.54, 1.807) is 14.2 Å². The molecule has 2 N–H and O–H groups in total. The molecule has 9 heteroatoms. The Morgan fingerprint density at radius 3 is 2.65 bits per heavy atom. The lowest BCUT2D eigenvalue weighted by Gasteiger charge is -2.39. The van der Waals surface area contributed by atoms with Crippen molar-refractivity contribution in [1.82, 2.24) is 10.6 Å². The Morgan fingerprint density at radius 2 is 1.88 bits per heavy atom. The summed E-state index contributed by atoms with van der Waals surface area (Å²) in [4.78, 5) is 14.5. The number of fused-ring (bicyclic) bond motifs is 1. The van der Waals surface area contributed by atoms with E-state index in [1.165, 1.54) is 5.56 Å². The standard InChI is InChI=1S/C34H51N3O6/c1-5-33(38)36-19-29-18-35-20-32(34(29)28-10-7-26(8-11-28)23-41-22-25(2)21-40-4)43-24-27-9-12-31-30(17-27)37(14-16-42-31)13-6-15-39-3/h7-12,17,25,29,32,34-35H,5-6,13-16,18-24H2,1-4H3,(H,36,38)/t25-,29-,32-,34-/m0/s1. The van der Waals surface area contributed by atoms with Gasteiger partial charge >= 0.3 is 0 Å². The number of amides is 1. The van der Waals surface area contributed by atoms with E-state index in [9.17, 15) is 4.79 Å². The lowest BCUT2D eigenvalue weighted by molar-refractivity contribution is -0.121. The Hall–Kier alpha value is -2.69. The monoisotopic (exact) mass is 597 g/mol. The molecular weight excluding hydrogens is 546 g/mol. The molecule has 1 amide bonds. The predicted octanol–water partition coefficient (Wildman–Crippen LogP) is 4.14. The van der Waals surface area contributed by atoms with Crippen LogP contribution in [0, 0.1) is 11.8 Å². The molecule has 0 saturated carbocycles. The molecule has 238 valence electrons. The minimum Gasteiger partial charge on any atom is -0.490 e. The zero-order valence-corrected chi connectivity index (χ0v) is 26.4. The minimum absolute atomic E-state index is 0.0423. The Bertz CT molecular complexity index is 1110. The van der Waals surface area contributed by atoms with Crippen LogP contribution in [0.5, 0.6) is 5.75 Å². The number of benzene rings is 2. The smallest absolute Gasteiger partial charge is 0.219 e. The molecule has 0 aliphatic carbocycles. The maximum Gasteiger partial charge on any atom is 0.219 e. The molecule has 0 radical (unpaired) electrons. The number of rotatable bonds is 17. The summed E-state index contributed by atoms with van der Waals surface area (Å²) < 4.78 is 29.0. The van der Waals surface area contributed by atoms with E-state index in [4.69, 9.17) is 23.7 Å². The van der Waals surface area contributed by atoms with Crippen molar-refractivity contribution in [3.63, 3.8) is 0 Å². The predicted molar refractivity (Wildman–Crippen MR) is 169 cm³/mol. The van der Waals surface area contributed by atoms with Crippen LogP contribution in [0.1, 0.15) is 49.3 Å². The summed E-state index contributed by atoms with van der Waals surface area (Å²) in [6.45, 7) is 11.9. The molecule has 2 aliphatic heterocycles. The van der Waals surface area contributed by atoms with E-state index in [0.29, 0.717) is 51.9 Å². The van der Waals surface area contributed by atoms with Crippen molar-refractivity contribution in [3.05, 3.63) is 59.2 Å². The van der Waals surface area contributed by atoms with Crippen molar-refractivity contribution in [3.8, 4) is 5.75 Å². The van der Waals surface area contributed by atoms with Gasteiger partial charge in [0.05, 0.1) is 44.8 Å². The summed E-state index contributed by atoms with van der Waals surface area (Å²) in [6, 6.07) is 15.1. The van der Waals surface area contributed by atoms with Gasteiger partial charge in [-0.2, -0.15) is 0 Å². The molecule has 43 heavy (non-hydrogen) atoms. The van der Waals surface area contributed by atoms with Crippen molar-refractivity contribution in [2.24, 2.45) is 11.8 Å². The van der Waals surface area contributed by atoms with Crippen LogP contribution in [0.15, 0.2) is 42.5 Å². The molecule has 4 rings (SSSR count). The second-order valence-corrected chi connectivity index (χ2v) is 11.8. The number of carbonyl (C=O) groups is 1. The van der Waals surface area contributed by atoms with Crippen molar-refractivity contribution < 1.29 is 28.5 Å². The van der Waals surface area contributed by atoms with Crippen molar-refractivity contribution in [2.75, 3.05) is 78.3 Å². The first-order valence-corrected chi connectivity index (χ1v) is 15.8.